The maximum atomic E-state index is 12.9. The number of nitrogen functional groups attached to an aromatic ring is 1. The standard InChI is InChI=1S/C24H34N8O3S/c1-3-5-9-26-21-18-22(29-24(28-21)36-10-4-2)32(31-30-18)17-12-16(19(33)20(17)34)23(35)27-13-14-7-6-8-15(25)11-14/h6-8,11,16-17,19-20,33-34H,3-5,9-10,12-13,25H2,1-2H3,(H,27,35)(H,26,28,29)/t16-,17?,19?,20?/m0/s1. The number of anilines is 2. The van der Waals surface area contributed by atoms with Gasteiger partial charge in [0.05, 0.1) is 18.1 Å². The van der Waals surface area contributed by atoms with Crippen molar-refractivity contribution in [1.82, 2.24) is 30.3 Å². The second-order valence-corrected chi connectivity index (χ2v) is 10.1. The molecule has 4 atom stereocenters. The molecule has 4 rings (SSSR count). The smallest absolute Gasteiger partial charge is 0.226 e. The third-order valence-electron chi connectivity index (χ3n) is 6.28. The minimum absolute atomic E-state index is 0.198. The van der Waals surface area contributed by atoms with Crippen LogP contribution in [0.2, 0.25) is 0 Å². The molecule has 12 heteroatoms. The summed E-state index contributed by atoms with van der Waals surface area (Å²) in [4.78, 5) is 22.2. The van der Waals surface area contributed by atoms with Crippen LogP contribution in [0, 0.1) is 5.92 Å². The van der Waals surface area contributed by atoms with Crippen molar-refractivity contribution in [3.05, 3.63) is 29.8 Å². The number of aromatic nitrogens is 5. The van der Waals surface area contributed by atoms with E-state index in [1.165, 1.54) is 16.4 Å². The Morgan fingerprint density at radius 2 is 2.06 bits per heavy atom. The van der Waals surface area contributed by atoms with E-state index in [-0.39, 0.29) is 18.9 Å². The van der Waals surface area contributed by atoms with Crippen LogP contribution in [-0.2, 0) is 11.3 Å². The van der Waals surface area contributed by atoms with Gasteiger partial charge < -0.3 is 26.6 Å². The molecule has 0 aliphatic heterocycles. The van der Waals surface area contributed by atoms with Gasteiger partial charge in [-0.05, 0) is 37.0 Å². The summed E-state index contributed by atoms with van der Waals surface area (Å²) in [6.45, 7) is 5.22. The Hall–Kier alpha value is -2.96. The quantitative estimate of drug-likeness (QED) is 0.111. The summed E-state index contributed by atoms with van der Waals surface area (Å²) in [5.74, 6) is 0.319. The van der Waals surface area contributed by atoms with Crippen LogP contribution in [0.15, 0.2) is 29.4 Å². The van der Waals surface area contributed by atoms with Crippen LogP contribution in [0.5, 0.6) is 0 Å². The van der Waals surface area contributed by atoms with Crippen molar-refractivity contribution in [3.63, 3.8) is 0 Å². The zero-order valence-electron chi connectivity index (χ0n) is 20.6. The summed E-state index contributed by atoms with van der Waals surface area (Å²) >= 11 is 1.54. The molecule has 3 unspecified atom stereocenters. The number of benzene rings is 1. The van der Waals surface area contributed by atoms with Crippen LogP contribution in [0.3, 0.4) is 0 Å². The van der Waals surface area contributed by atoms with Crippen LogP contribution < -0.4 is 16.4 Å². The highest BCUT2D eigenvalue weighted by Crippen LogP contribution is 2.37. The number of thioether (sulfide) groups is 1. The summed E-state index contributed by atoms with van der Waals surface area (Å²) in [6.07, 6.45) is 0.755. The Bertz CT molecular complexity index is 1190. The molecule has 0 saturated heterocycles. The number of hydrogen-bond acceptors (Lipinski definition) is 10. The molecule has 1 aliphatic carbocycles. The minimum Gasteiger partial charge on any atom is -0.399 e. The number of aliphatic hydroxyl groups is 2. The van der Waals surface area contributed by atoms with Gasteiger partial charge in [0.1, 0.15) is 6.10 Å². The molecule has 11 nitrogen and oxygen atoms in total. The molecule has 1 aromatic carbocycles. The van der Waals surface area contributed by atoms with Crippen LogP contribution in [0.25, 0.3) is 11.2 Å². The number of nitrogens with zero attached hydrogens (tertiary/aromatic N) is 5. The van der Waals surface area contributed by atoms with Crippen molar-refractivity contribution in [3.8, 4) is 0 Å². The Morgan fingerprint density at radius 3 is 2.81 bits per heavy atom. The average molecular weight is 515 g/mol. The molecule has 1 amide bonds. The van der Waals surface area contributed by atoms with Crippen LogP contribution in [-0.4, -0.2) is 65.6 Å². The molecule has 0 bridgehead atoms. The predicted molar refractivity (Wildman–Crippen MR) is 139 cm³/mol. The molecular formula is C24H34N8O3S. The van der Waals surface area contributed by atoms with Gasteiger partial charge >= 0.3 is 0 Å². The monoisotopic (exact) mass is 514 g/mol. The van der Waals surface area contributed by atoms with E-state index in [4.69, 9.17) is 5.73 Å². The highest BCUT2D eigenvalue weighted by atomic mass is 32.2. The van der Waals surface area contributed by atoms with Crippen molar-refractivity contribution in [1.29, 1.82) is 0 Å². The first-order chi connectivity index (χ1) is 17.4. The maximum absolute atomic E-state index is 12.9. The molecule has 6 N–H and O–H groups in total. The number of carbonyl (C=O) groups is 1. The van der Waals surface area contributed by atoms with Crippen LogP contribution in [0.4, 0.5) is 11.5 Å². The lowest BCUT2D eigenvalue weighted by Crippen LogP contribution is -2.38. The molecule has 36 heavy (non-hydrogen) atoms. The predicted octanol–water partition coefficient (Wildman–Crippen LogP) is 2.12. The minimum atomic E-state index is -1.24. The fourth-order valence-electron chi connectivity index (χ4n) is 4.33. The summed E-state index contributed by atoms with van der Waals surface area (Å²) in [5.41, 5.74) is 8.25. The molecule has 1 aliphatic rings. The van der Waals surface area contributed by atoms with Gasteiger partial charge in [-0.1, -0.05) is 49.4 Å². The van der Waals surface area contributed by atoms with Gasteiger partial charge in [0, 0.05) is 24.5 Å². The zero-order chi connectivity index (χ0) is 25.7. The number of nitrogens with one attached hydrogen (secondary N) is 2. The summed E-state index contributed by atoms with van der Waals surface area (Å²) in [7, 11) is 0. The number of rotatable bonds is 11. The maximum Gasteiger partial charge on any atom is 0.226 e. The van der Waals surface area contributed by atoms with Gasteiger partial charge in [-0.3, -0.25) is 4.79 Å². The first-order valence-corrected chi connectivity index (χ1v) is 13.4. The fraction of sp³-hybridized carbons (Fsp3) is 0.542. The largest absolute Gasteiger partial charge is 0.399 e. The summed E-state index contributed by atoms with van der Waals surface area (Å²) in [6, 6.07) is 6.58. The van der Waals surface area contributed by atoms with E-state index in [0.717, 1.165) is 37.1 Å². The molecule has 1 saturated carbocycles. The number of fused-ring (bicyclic) bond motifs is 1. The van der Waals surface area contributed by atoms with E-state index in [9.17, 15) is 15.0 Å². The Morgan fingerprint density at radius 1 is 1.22 bits per heavy atom. The fourth-order valence-corrected chi connectivity index (χ4v) is 5.03. The van der Waals surface area contributed by atoms with E-state index >= 15 is 0 Å². The number of hydrogen-bond donors (Lipinski definition) is 5. The number of carbonyl (C=O) groups excluding carboxylic acids is 1. The molecule has 0 radical (unpaired) electrons. The summed E-state index contributed by atoms with van der Waals surface area (Å²) in [5, 5.41) is 36.9. The highest BCUT2D eigenvalue weighted by molar-refractivity contribution is 7.99. The molecular weight excluding hydrogens is 480 g/mol. The molecule has 1 fully saturated rings. The van der Waals surface area contributed by atoms with E-state index in [1.807, 2.05) is 12.1 Å². The second kappa shape index (κ2) is 11.8. The van der Waals surface area contributed by atoms with Gasteiger partial charge in [0.2, 0.25) is 5.91 Å². The first kappa shape index (κ1) is 26.1. The summed E-state index contributed by atoms with van der Waals surface area (Å²) < 4.78 is 1.52. The number of unbranched alkanes of at least 4 members (excludes halogenated alkanes) is 1. The number of aliphatic hydroxyl groups excluding tert-OH is 2. The topological polar surface area (TPSA) is 164 Å². The van der Waals surface area contributed by atoms with Crippen molar-refractivity contribution in [2.45, 2.75) is 69.5 Å². The van der Waals surface area contributed by atoms with Gasteiger partial charge in [0.25, 0.3) is 0 Å². The molecule has 2 heterocycles. The van der Waals surface area contributed by atoms with Gasteiger partial charge in [-0.15, -0.1) is 5.10 Å². The van der Waals surface area contributed by atoms with E-state index in [1.54, 1.807) is 12.1 Å². The third-order valence-corrected chi connectivity index (χ3v) is 7.33. The SMILES string of the molecule is CCCCNc1nc(SCCC)nc2c1nnn2C1C[C@H](C(=O)NCc2cccc(N)c2)C(O)C1O. The van der Waals surface area contributed by atoms with Gasteiger partial charge in [-0.2, -0.15) is 0 Å². The Balaban J connectivity index is 1.55. The number of nitrogens with two attached hydrogens (primary N) is 1. The molecule has 194 valence electrons. The van der Waals surface area contributed by atoms with Crippen molar-refractivity contribution in [2.75, 3.05) is 23.3 Å². The Labute approximate surface area is 214 Å². The van der Waals surface area contributed by atoms with Crippen molar-refractivity contribution < 1.29 is 15.0 Å². The second-order valence-electron chi connectivity index (χ2n) is 9.04. The first-order valence-electron chi connectivity index (χ1n) is 12.4. The lowest BCUT2D eigenvalue weighted by atomic mass is 10.0. The van der Waals surface area contributed by atoms with Gasteiger partial charge in [-0.25, -0.2) is 14.6 Å². The van der Waals surface area contributed by atoms with E-state index in [0.29, 0.717) is 27.8 Å². The zero-order valence-corrected chi connectivity index (χ0v) is 21.4. The lowest BCUT2D eigenvalue weighted by Gasteiger charge is -2.17. The highest BCUT2D eigenvalue weighted by Gasteiger charge is 2.47. The normalized spacial score (nSPS) is 21.7. The van der Waals surface area contributed by atoms with Crippen molar-refractivity contribution >= 4 is 40.3 Å². The van der Waals surface area contributed by atoms with Crippen LogP contribution in [0.1, 0.15) is 51.1 Å². The van der Waals surface area contributed by atoms with E-state index < -0.39 is 24.2 Å². The lowest BCUT2D eigenvalue weighted by molar-refractivity contribution is -0.129. The number of amides is 1. The Kier molecular flexibility index (Phi) is 8.60. The molecule has 3 aromatic rings. The van der Waals surface area contributed by atoms with E-state index in [2.05, 4.69) is 44.8 Å². The average Bonchev–Trinajstić information content (AvgIpc) is 3.42. The molecule has 2 aromatic heterocycles. The third kappa shape index (κ3) is 5.71. The van der Waals surface area contributed by atoms with Crippen molar-refractivity contribution in [2.24, 2.45) is 5.92 Å². The van der Waals surface area contributed by atoms with Gasteiger partial charge in [0.15, 0.2) is 22.1 Å². The van der Waals surface area contributed by atoms with Crippen LogP contribution >= 0.6 is 11.8 Å². The molecule has 0 spiro atoms.